The Morgan fingerprint density at radius 3 is 2.58 bits per heavy atom. The highest BCUT2D eigenvalue weighted by atomic mass is 32.2. The fourth-order valence-corrected chi connectivity index (χ4v) is 7.00. The summed E-state index contributed by atoms with van der Waals surface area (Å²) in [6.07, 6.45) is 1.91. The maximum atomic E-state index is 13.7. The molecular weight excluding hydrogens is 410 g/mol. The van der Waals surface area contributed by atoms with Crippen LogP contribution >= 0.6 is 0 Å². The summed E-state index contributed by atoms with van der Waals surface area (Å²) in [5.74, 6) is 0.859. The van der Waals surface area contributed by atoms with Gasteiger partial charge in [0.2, 0.25) is 5.95 Å². The lowest BCUT2D eigenvalue weighted by Gasteiger charge is -2.41. The van der Waals surface area contributed by atoms with E-state index in [1.54, 1.807) is 12.1 Å². The first-order chi connectivity index (χ1) is 15.0. The number of nitrogens with one attached hydrogen (secondary N) is 2. The molecule has 0 radical (unpaired) electrons. The van der Waals surface area contributed by atoms with Gasteiger partial charge in [-0.25, -0.2) is 13.4 Å². The molecule has 7 nitrogen and oxygen atoms in total. The molecule has 3 heterocycles. The first-order valence-corrected chi connectivity index (χ1v) is 12.5. The monoisotopic (exact) mass is 439 g/mol. The van der Waals surface area contributed by atoms with E-state index in [-0.39, 0.29) is 6.04 Å². The van der Waals surface area contributed by atoms with Crippen LogP contribution < -0.4 is 10.2 Å². The fourth-order valence-electron chi connectivity index (χ4n) is 4.83. The quantitative estimate of drug-likeness (QED) is 0.636. The van der Waals surface area contributed by atoms with Gasteiger partial charge in [0.1, 0.15) is 5.37 Å². The number of benzene rings is 2. The number of fused-ring (bicyclic) bond motifs is 1. The van der Waals surface area contributed by atoms with Gasteiger partial charge in [0.05, 0.1) is 15.9 Å². The number of anilines is 1. The van der Waals surface area contributed by atoms with E-state index in [2.05, 4.69) is 20.1 Å². The molecule has 1 aromatic heterocycles. The summed E-state index contributed by atoms with van der Waals surface area (Å²) in [5, 5.41) is 2.91. The number of H-pyrrole nitrogens is 1. The maximum absolute atomic E-state index is 13.7. The molecule has 0 aliphatic carbocycles. The maximum Gasteiger partial charge on any atom is 0.203 e. The van der Waals surface area contributed by atoms with Crippen molar-refractivity contribution >= 4 is 26.8 Å². The predicted molar refractivity (Wildman–Crippen MR) is 123 cm³/mol. The Balaban J connectivity index is 1.38. The summed E-state index contributed by atoms with van der Waals surface area (Å²) >= 11 is 0. The molecule has 2 fully saturated rings. The standard InChI is InChI=1S/C23H29N5O2S/c1-17-6-4-7-18(16-17)31(29,30)22(21-10-5-11-24-21)27-12-14-28(15-13-27)23-25-19-8-2-3-9-20(19)26-23/h2-4,6-9,16,21-22,24H,5,10-15H2,1H3,(H,25,26). The van der Waals surface area contributed by atoms with Gasteiger partial charge >= 0.3 is 0 Å². The van der Waals surface area contributed by atoms with Gasteiger partial charge in [-0.05, 0) is 56.1 Å². The van der Waals surface area contributed by atoms with Crippen molar-refractivity contribution < 1.29 is 8.42 Å². The average molecular weight is 440 g/mol. The molecule has 2 unspecified atom stereocenters. The summed E-state index contributed by atoms with van der Waals surface area (Å²) in [4.78, 5) is 12.9. The van der Waals surface area contributed by atoms with Crippen LogP contribution in [0.4, 0.5) is 5.95 Å². The summed E-state index contributed by atoms with van der Waals surface area (Å²) in [6, 6.07) is 15.3. The lowest BCUT2D eigenvalue weighted by molar-refractivity contribution is 0.204. The van der Waals surface area contributed by atoms with Crippen molar-refractivity contribution in [2.24, 2.45) is 0 Å². The van der Waals surface area contributed by atoms with Gasteiger partial charge in [-0.3, -0.25) is 4.90 Å². The smallest absolute Gasteiger partial charge is 0.203 e. The third kappa shape index (κ3) is 3.95. The minimum absolute atomic E-state index is 0.0386. The molecule has 5 rings (SSSR count). The number of nitrogens with zero attached hydrogens (tertiary/aromatic N) is 3. The Bertz CT molecular complexity index is 1130. The van der Waals surface area contributed by atoms with Crippen LogP contribution in [0, 0.1) is 6.92 Å². The highest BCUT2D eigenvalue weighted by Crippen LogP contribution is 2.28. The van der Waals surface area contributed by atoms with Crippen LogP contribution in [0.25, 0.3) is 11.0 Å². The van der Waals surface area contributed by atoms with Crippen molar-refractivity contribution in [3.8, 4) is 0 Å². The fraction of sp³-hybridized carbons (Fsp3) is 0.435. The van der Waals surface area contributed by atoms with E-state index in [1.807, 2.05) is 43.3 Å². The third-order valence-electron chi connectivity index (χ3n) is 6.43. The van der Waals surface area contributed by atoms with Gasteiger partial charge in [0.15, 0.2) is 9.84 Å². The molecule has 2 aliphatic rings. The van der Waals surface area contributed by atoms with Gasteiger partial charge in [-0.1, -0.05) is 24.3 Å². The van der Waals surface area contributed by atoms with Crippen molar-refractivity contribution in [2.75, 3.05) is 37.6 Å². The summed E-state index contributed by atoms with van der Waals surface area (Å²) in [6.45, 7) is 5.67. The van der Waals surface area contributed by atoms with Crippen LogP contribution in [0.15, 0.2) is 53.4 Å². The second-order valence-electron chi connectivity index (χ2n) is 8.56. The molecule has 0 saturated carbocycles. The molecular formula is C23H29N5O2S. The molecule has 2 saturated heterocycles. The predicted octanol–water partition coefficient (Wildman–Crippen LogP) is 2.55. The molecule has 0 spiro atoms. The molecule has 2 aliphatic heterocycles. The van der Waals surface area contributed by atoms with E-state index in [0.29, 0.717) is 18.0 Å². The minimum Gasteiger partial charge on any atom is -0.340 e. The third-order valence-corrected chi connectivity index (χ3v) is 8.60. The number of aromatic nitrogens is 2. The van der Waals surface area contributed by atoms with E-state index in [1.165, 1.54) is 0 Å². The van der Waals surface area contributed by atoms with Crippen LogP contribution in [0.2, 0.25) is 0 Å². The number of para-hydroxylation sites is 2. The van der Waals surface area contributed by atoms with Gasteiger partial charge in [-0.15, -0.1) is 0 Å². The summed E-state index contributed by atoms with van der Waals surface area (Å²) in [7, 11) is -3.49. The number of piperazine rings is 1. The lowest BCUT2D eigenvalue weighted by atomic mass is 10.2. The van der Waals surface area contributed by atoms with Crippen LogP contribution in [0.3, 0.4) is 0 Å². The molecule has 2 N–H and O–H groups in total. The van der Waals surface area contributed by atoms with Crippen LogP contribution in [-0.4, -0.2) is 67.4 Å². The average Bonchev–Trinajstić information content (AvgIpc) is 3.44. The molecule has 2 atom stereocenters. The van der Waals surface area contributed by atoms with E-state index in [9.17, 15) is 8.42 Å². The second-order valence-corrected chi connectivity index (χ2v) is 10.6. The van der Waals surface area contributed by atoms with Crippen molar-refractivity contribution in [1.29, 1.82) is 0 Å². The number of imidazole rings is 1. The minimum atomic E-state index is -3.49. The molecule has 31 heavy (non-hydrogen) atoms. The van der Waals surface area contributed by atoms with E-state index in [0.717, 1.165) is 55.0 Å². The number of sulfone groups is 1. The molecule has 0 bridgehead atoms. The highest BCUT2D eigenvalue weighted by Gasteiger charge is 2.41. The Hall–Kier alpha value is -2.42. The zero-order valence-electron chi connectivity index (χ0n) is 17.8. The first kappa shape index (κ1) is 20.5. The van der Waals surface area contributed by atoms with Crippen molar-refractivity contribution in [3.05, 3.63) is 54.1 Å². The van der Waals surface area contributed by atoms with E-state index in [4.69, 9.17) is 4.98 Å². The summed E-state index contributed by atoms with van der Waals surface area (Å²) < 4.78 is 27.5. The van der Waals surface area contributed by atoms with E-state index >= 15 is 0 Å². The Morgan fingerprint density at radius 2 is 1.87 bits per heavy atom. The lowest BCUT2D eigenvalue weighted by Crippen LogP contribution is -2.58. The van der Waals surface area contributed by atoms with Crippen molar-refractivity contribution in [2.45, 2.75) is 36.1 Å². The Kier molecular flexibility index (Phi) is 5.45. The topological polar surface area (TPSA) is 81.3 Å². The number of aromatic amines is 1. The number of aryl methyl sites for hydroxylation is 1. The number of hydrogen-bond acceptors (Lipinski definition) is 6. The number of rotatable bonds is 5. The van der Waals surface area contributed by atoms with Gasteiger partial charge in [0.25, 0.3) is 0 Å². The normalized spacial score (nSPS) is 21.6. The van der Waals surface area contributed by atoms with Gasteiger partial charge < -0.3 is 15.2 Å². The Morgan fingerprint density at radius 1 is 1.06 bits per heavy atom. The highest BCUT2D eigenvalue weighted by molar-refractivity contribution is 7.92. The zero-order valence-corrected chi connectivity index (χ0v) is 18.6. The molecule has 2 aromatic carbocycles. The Labute approximate surface area is 183 Å². The van der Waals surface area contributed by atoms with Crippen molar-refractivity contribution in [1.82, 2.24) is 20.2 Å². The van der Waals surface area contributed by atoms with Crippen molar-refractivity contribution in [3.63, 3.8) is 0 Å². The largest absolute Gasteiger partial charge is 0.340 e. The van der Waals surface area contributed by atoms with Gasteiger partial charge in [0, 0.05) is 32.2 Å². The van der Waals surface area contributed by atoms with Crippen LogP contribution in [0.1, 0.15) is 18.4 Å². The molecule has 8 heteroatoms. The number of hydrogen-bond donors (Lipinski definition) is 2. The van der Waals surface area contributed by atoms with Gasteiger partial charge in [-0.2, -0.15) is 0 Å². The molecule has 164 valence electrons. The SMILES string of the molecule is Cc1cccc(S(=O)(=O)C(C2CCCN2)N2CCN(c3nc4ccccc4[nH]3)CC2)c1. The van der Waals surface area contributed by atoms with Crippen LogP contribution in [0.5, 0.6) is 0 Å². The molecule has 3 aromatic rings. The first-order valence-electron chi connectivity index (χ1n) is 11.0. The molecule has 0 amide bonds. The second kappa shape index (κ2) is 8.26. The summed E-state index contributed by atoms with van der Waals surface area (Å²) in [5.41, 5.74) is 2.94. The van der Waals surface area contributed by atoms with E-state index < -0.39 is 15.2 Å². The zero-order chi connectivity index (χ0) is 21.4. The van der Waals surface area contributed by atoms with Crippen LogP contribution in [-0.2, 0) is 9.84 Å².